The summed E-state index contributed by atoms with van der Waals surface area (Å²) < 4.78 is 8.91. The number of nitrogens with zero attached hydrogens (tertiary/aromatic N) is 6. The maximum Gasteiger partial charge on any atom is 0.214 e. The van der Waals surface area contributed by atoms with Gasteiger partial charge >= 0.3 is 0 Å². The van der Waals surface area contributed by atoms with E-state index in [0.717, 1.165) is 16.9 Å². The molecule has 4 aromatic rings. The third kappa shape index (κ3) is 3.60. The Morgan fingerprint density at radius 2 is 2.04 bits per heavy atom. The summed E-state index contributed by atoms with van der Waals surface area (Å²) in [6.07, 6.45) is 3.66. The molecule has 0 bridgehead atoms. The molecule has 138 valence electrons. The van der Waals surface area contributed by atoms with Crippen molar-refractivity contribution in [2.24, 2.45) is 0 Å². The van der Waals surface area contributed by atoms with Crippen LogP contribution in [0.25, 0.3) is 11.3 Å². The van der Waals surface area contributed by atoms with Crippen LogP contribution in [0.5, 0.6) is 5.75 Å². The first-order valence-electron chi connectivity index (χ1n) is 7.94. The van der Waals surface area contributed by atoms with Crippen molar-refractivity contribution >= 4 is 40.6 Å². The number of imidazole rings is 1. The molecule has 0 saturated carbocycles. The van der Waals surface area contributed by atoms with Gasteiger partial charge in [-0.1, -0.05) is 41.0 Å². The zero-order chi connectivity index (χ0) is 19.0. The first kappa shape index (κ1) is 18.1. The zero-order valence-electron chi connectivity index (χ0n) is 14.4. The fraction of sp³-hybridized carbons (Fsp3) is 0.176. The van der Waals surface area contributed by atoms with Crippen LogP contribution in [0.15, 0.2) is 41.8 Å². The van der Waals surface area contributed by atoms with Crippen molar-refractivity contribution in [1.82, 2.24) is 29.6 Å². The standard InChI is InChI=1S/C17H14Cl2N6OS/c1-10-3-4-15(26-2)14(5-10)25-17(21-22-23-25)27-9-12-8-24-7-11(18)6-13(19)16(24)20-12/h3-8H,9H2,1-2H3. The molecule has 3 heterocycles. The molecule has 0 aliphatic carbocycles. The topological polar surface area (TPSA) is 70.1 Å². The minimum Gasteiger partial charge on any atom is -0.494 e. The summed E-state index contributed by atoms with van der Waals surface area (Å²) in [5.74, 6) is 1.27. The Labute approximate surface area is 169 Å². The number of halogens is 2. The molecule has 0 aliphatic rings. The number of hydrogen-bond acceptors (Lipinski definition) is 6. The number of fused-ring (bicyclic) bond motifs is 1. The average Bonchev–Trinajstić information content (AvgIpc) is 3.26. The van der Waals surface area contributed by atoms with E-state index in [-0.39, 0.29) is 0 Å². The van der Waals surface area contributed by atoms with E-state index < -0.39 is 0 Å². The van der Waals surface area contributed by atoms with Gasteiger partial charge in [0.05, 0.1) is 22.8 Å². The van der Waals surface area contributed by atoms with E-state index >= 15 is 0 Å². The minimum absolute atomic E-state index is 0.507. The van der Waals surface area contributed by atoms with Crippen molar-refractivity contribution in [3.63, 3.8) is 0 Å². The van der Waals surface area contributed by atoms with Crippen molar-refractivity contribution in [2.75, 3.05) is 7.11 Å². The first-order valence-corrected chi connectivity index (χ1v) is 9.68. The summed E-state index contributed by atoms with van der Waals surface area (Å²) in [7, 11) is 1.62. The van der Waals surface area contributed by atoms with Crippen LogP contribution in [0.2, 0.25) is 10.0 Å². The number of benzene rings is 1. The van der Waals surface area contributed by atoms with Crippen molar-refractivity contribution in [3.05, 3.63) is 58.0 Å². The summed E-state index contributed by atoms with van der Waals surface area (Å²) in [6.45, 7) is 2.01. The highest BCUT2D eigenvalue weighted by Crippen LogP contribution is 2.29. The Balaban J connectivity index is 1.62. The van der Waals surface area contributed by atoms with E-state index in [1.54, 1.807) is 24.1 Å². The van der Waals surface area contributed by atoms with Crippen LogP contribution in [0, 0.1) is 6.92 Å². The molecule has 1 aromatic carbocycles. The van der Waals surface area contributed by atoms with Crippen LogP contribution < -0.4 is 4.74 Å². The normalized spacial score (nSPS) is 11.3. The average molecular weight is 421 g/mol. The number of rotatable bonds is 5. The molecule has 0 unspecified atom stereocenters. The Bertz CT molecular complexity index is 1130. The van der Waals surface area contributed by atoms with E-state index in [9.17, 15) is 0 Å². The summed E-state index contributed by atoms with van der Waals surface area (Å²) >= 11 is 13.7. The third-order valence-corrected chi connectivity index (χ3v) is 5.31. The van der Waals surface area contributed by atoms with Crippen molar-refractivity contribution in [1.29, 1.82) is 0 Å². The van der Waals surface area contributed by atoms with Gasteiger partial charge in [-0.15, -0.1) is 5.10 Å². The number of ether oxygens (including phenoxy) is 1. The monoisotopic (exact) mass is 420 g/mol. The van der Waals surface area contributed by atoms with Gasteiger partial charge in [0.15, 0.2) is 5.65 Å². The molecule has 27 heavy (non-hydrogen) atoms. The molecule has 0 spiro atoms. The molecule has 0 N–H and O–H groups in total. The second-order valence-electron chi connectivity index (χ2n) is 5.81. The number of aryl methyl sites for hydroxylation is 1. The van der Waals surface area contributed by atoms with E-state index in [1.807, 2.05) is 35.7 Å². The van der Waals surface area contributed by atoms with Gasteiger partial charge in [0, 0.05) is 18.1 Å². The maximum atomic E-state index is 6.20. The number of pyridine rings is 1. The van der Waals surface area contributed by atoms with Gasteiger partial charge in [-0.05, 0) is 41.1 Å². The molecule has 0 radical (unpaired) electrons. The SMILES string of the molecule is COc1ccc(C)cc1-n1nnnc1SCc1cn2cc(Cl)cc(Cl)c2n1. The van der Waals surface area contributed by atoms with Crippen LogP contribution in [-0.4, -0.2) is 36.7 Å². The Hall–Kier alpha value is -2.29. The summed E-state index contributed by atoms with van der Waals surface area (Å²) in [5.41, 5.74) is 3.38. The van der Waals surface area contributed by atoms with Crippen LogP contribution in [0.4, 0.5) is 0 Å². The van der Waals surface area contributed by atoms with E-state index in [4.69, 9.17) is 27.9 Å². The highest BCUT2D eigenvalue weighted by atomic mass is 35.5. The number of methoxy groups -OCH3 is 1. The van der Waals surface area contributed by atoms with Gasteiger partial charge < -0.3 is 9.14 Å². The lowest BCUT2D eigenvalue weighted by Gasteiger charge is -2.10. The largest absolute Gasteiger partial charge is 0.494 e. The van der Waals surface area contributed by atoms with Crippen LogP contribution in [-0.2, 0) is 5.75 Å². The number of thioether (sulfide) groups is 1. The highest BCUT2D eigenvalue weighted by Gasteiger charge is 2.15. The molecule has 4 rings (SSSR count). The molecule has 0 atom stereocenters. The van der Waals surface area contributed by atoms with E-state index in [0.29, 0.717) is 32.4 Å². The predicted octanol–water partition coefficient (Wildman–Crippen LogP) is 4.23. The molecule has 10 heteroatoms. The first-order chi connectivity index (χ1) is 13.0. The Kier molecular flexibility index (Phi) is 4.94. The molecular weight excluding hydrogens is 407 g/mol. The third-order valence-electron chi connectivity index (χ3n) is 3.88. The molecule has 3 aromatic heterocycles. The van der Waals surface area contributed by atoms with Crippen LogP contribution >= 0.6 is 35.0 Å². The predicted molar refractivity (Wildman–Crippen MR) is 105 cm³/mol. The van der Waals surface area contributed by atoms with Gasteiger partial charge in [0.1, 0.15) is 11.4 Å². The van der Waals surface area contributed by atoms with Gasteiger partial charge in [-0.2, -0.15) is 4.68 Å². The fourth-order valence-corrected chi connectivity index (χ4v) is 3.96. The highest BCUT2D eigenvalue weighted by molar-refractivity contribution is 7.98. The van der Waals surface area contributed by atoms with Crippen LogP contribution in [0.1, 0.15) is 11.3 Å². The van der Waals surface area contributed by atoms with Gasteiger partial charge in [0.25, 0.3) is 0 Å². The number of aromatic nitrogens is 6. The van der Waals surface area contributed by atoms with Crippen molar-refractivity contribution < 1.29 is 4.74 Å². The molecule has 0 aliphatic heterocycles. The molecule has 0 fully saturated rings. The quantitative estimate of drug-likeness (QED) is 0.450. The fourth-order valence-electron chi connectivity index (χ4n) is 2.67. The maximum absolute atomic E-state index is 6.20. The lowest BCUT2D eigenvalue weighted by atomic mass is 10.2. The van der Waals surface area contributed by atoms with Gasteiger partial charge in [-0.3, -0.25) is 0 Å². The summed E-state index contributed by atoms with van der Waals surface area (Å²) in [5, 5.41) is 13.7. The van der Waals surface area contributed by atoms with Crippen LogP contribution in [0.3, 0.4) is 0 Å². The smallest absolute Gasteiger partial charge is 0.214 e. The minimum atomic E-state index is 0.507. The van der Waals surface area contributed by atoms with Crippen molar-refractivity contribution in [2.45, 2.75) is 17.8 Å². The van der Waals surface area contributed by atoms with Gasteiger partial charge in [0.2, 0.25) is 5.16 Å². The molecular formula is C17H14Cl2N6OS. The second kappa shape index (κ2) is 7.38. The lowest BCUT2D eigenvalue weighted by molar-refractivity contribution is 0.410. The molecule has 7 nitrogen and oxygen atoms in total. The van der Waals surface area contributed by atoms with E-state index in [1.165, 1.54) is 11.8 Å². The lowest BCUT2D eigenvalue weighted by Crippen LogP contribution is -2.02. The Morgan fingerprint density at radius 3 is 2.85 bits per heavy atom. The van der Waals surface area contributed by atoms with E-state index in [2.05, 4.69) is 20.5 Å². The van der Waals surface area contributed by atoms with Crippen molar-refractivity contribution in [3.8, 4) is 11.4 Å². The Morgan fingerprint density at radius 1 is 1.19 bits per heavy atom. The summed E-state index contributed by atoms with van der Waals surface area (Å²) in [6, 6.07) is 7.53. The molecule has 0 saturated heterocycles. The number of hydrogen-bond donors (Lipinski definition) is 0. The van der Waals surface area contributed by atoms with Gasteiger partial charge in [-0.25, -0.2) is 4.98 Å². The number of tetrazole rings is 1. The molecule has 0 amide bonds. The summed E-state index contributed by atoms with van der Waals surface area (Å²) in [4.78, 5) is 4.55. The zero-order valence-corrected chi connectivity index (χ0v) is 16.8. The second-order valence-corrected chi connectivity index (χ2v) is 7.59.